The highest BCUT2D eigenvalue weighted by Crippen LogP contribution is 2.17. The van der Waals surface area contributed by atoms with Crippen LogP contribution in [0.15, 0.2) is 18.2 Å². The fraction of sp³-hybridized carbons (Fsp3) is 0.538. The first-order chi connectivity index (χ1) is 8.74. The summed E-state index contributed by atoms with van der Waals surface area (Å²) in [6, 6.07) is 7.91. The summed E-state index contributed by atoms with van der Waals surface area (Å²) in [6.07, 6.45) is 0.769. The average Bonchev–Trinajstić information content (AvgIpc) is 2.41. The summed E-state index contributed by atoms with van der Waals surface area (Å²) in [4.78, 5) is 8.76. The molecular weight excluding hydrogens is 228 g/mol. The SMILES string of the molecule is CN1CCN(c2cccc(C#N)n2)C[C@@H]1CCO. The van der Waals surface area contributed by atoms with E-state index in [0.717, 1.165) is 31.9 Å². The molecule has 1 saturated heterocycles. The van der Waals surface area contributed by atoms with Crippen molar-refractivity contribution in [2.75, 3.05) is 38.2 Å². The van der Waals surface area contributed by atoms with E-state index < -0.39 is 0 Å². The normalized spacial score (nSPS) is 20.7. The zero-order chi connectivity index (χ0) is 13.0. The van der Waals surface area contributed by atoms with Crippen molar-refractivity contribution in [3.8, 4) is 6.07 Å². The summed E-state index contributed by atoms with van der Waals surface area (Å²) in [6.45, 7) is 2.90. The van der Waals surface area contributed by atoms with Gasteiger partial charge in [-0.3, -0.25) is 4.90 Å². The first-order valence-electron chi connectivity index (χ1n) is 6.18. The molecule has 0 bridgehead atoms. The van der Waals surface area contributed by atoms with Crippen molar-refractivity contribution in [2.24, 2.45) is 0 Å². The minimum Gasteiger partial charge on any atom is -0.396 e. The van der Waals surface area contributed by atoms with Gasteiger partial charge in [-0.05, 0) is 25.6 Å². The summed E-state index contributed by atoms with van der Waals surface area (Å²) < 4.78 is 0. The molecule has 1 atom stereocenters. The average molecular weight is 246 g/mol. The Morgan fingerprint density at radius 2 is 2.33 bits per heavy atom. The van der Waals surface area contributed by atoms with E-state index in [1.165, 1.54) is 0 Å². The van der Waals surface area contributed by atoms with E-state index in [0.29, 0.717) is 11.7 Å². The Labute approximate surface area is 107 Å². The molecule has 0 aliphatic carbocycles. The van der Waals surface area contributed by atoms with Crippen LogP contribution in [0.5, 0.6) is 0 Å². The minimum atomic E-state index is 0.203. The van der Waals surface area contributed by atoms with Crippen molar-refractivity contribution in [1.29, 1.82) is 5.26 Å². The van der Waals surface area contributed by atoms with Crippen LogP contribution in [-0.2, 0) is 0 Å². The predicted octanol–water partition coefficient (Wildman–Crippen LogP) is 0.456. The van der Waals surface area contributed by atoms with Crippen LogP contribution in [0.25, 0.3) is 0 Å². The van der Waals surface area contributed by atoms with Gasteiger partial charge >= 0.3 is 0 Å². The van der Waals surface area contributed by atoms with Gasteiger partial charge in [-0.1, -0.05) is 6.07 Å². The molecular formula is C13H18N4O. The number of aliphatic hydroxyl groups excluding tert-OH is 1. The van der Waals surface area contributed by atoms with Crippen molar-refractivity contribution in [1.82, 2.24) is 9.88 Å². The number of rotatable bonds is 3. The second-order valence-corrected chi connectivity index (χ2v) is 4.59. The molecule has 1 N–H and O–H groups in total. The number of nitrogens with zero attached hydrogens (tertiary/aromatic N) is 4. The third-order valence-electron chi connectivity index (χ3n) is 3.41. The van der Waals surface area contributed by atoms with E-state index in [1.54, 1.807) is 6.07 Å². The molecule has 2 heterocycles. The van der Waals surface area contributed by atoms with Crippen LogP contribution in [-0.4, -0.2) is 54.3 Å². The third kappa shape index (κ3) is 2.78. The Bertz CT molecular complexity index is 443. The second kappa shape index (κ2) is 5.80. The Kier molecular flexibility index (Phi) is 4.13. The van der Waals surface area contributed by atoms with Crippen LogP contribution in [0.3, 0.4) is 0 Å². The number of hydrogen-bond donors (Lipinski definition) is 1. The van der Waals surface area contributed by atoms with Gasteiger partial charge < -0.3 is 10.0 Å². The molecule has 0 saturated carbocycles. The number of aromatic nitrogens is 1. The number of nitriles is 1. The lowest BCUT2D eigenvalue weighted by molar-refractivity contribution is 0.170. The monoisotopic (exact) mass is 246 g/mol. The molecule has 0 radical (unpaired) electrons. The lowest BCUT2D eigenvalue weighted by Gasteiger charge is -2.39. The predicted molar refractivity (Wildman–Crippen MR) is 69.3 cm³/mol. The van der Waals surface area contributed by atoms with Crippen LogP contribution >= 0.6 is 0 Å². The zero-order valence-corrected chi connectivity index (χ0v) is 10.6. The van der Waals surface area contributed by atoms with Gasteiger partial charge in [0.2, 0.25) is 0 Å². The standard InChI is InChI=1S/C13H18N4O/c1-16-6-7-17(10-12(16)5-8-18)13-4-2-3-11(9-14)15-13/h2-4,12,18H,5-8,10H2,1H3/t12-/m0/s1. The maximum atomic E-state index is 9.07. The molecule has 0 amide bonds. The first kappa shape index (κ1) is 12.8. The van der Waals surface area contributed by atoms with Crippen molar-refractivity contribution in [3.05, 3.63) is 23.9 Å². The Hall–Kier alpha value is -1.64. The summed E-state index contributed by atoms with van der Waals surface area (Å²) in [5.74, 6) is 0.852. The molecule has 5 nitrogen and oxygen atoms in total. The Balaban J connectivity index is 2.11. The number of piperazine rings is 1. The van der Waals surface area contributed by atoms with Gasteiger partial charge in [0.25, 0.3) is 0 Å². The maximum absolute atomic E-state index is 9.07. The highest BCUT2D eigenvalue weighted by Gasteiger charge is 2.24. The number of anilines is 1. The fourth-order valence-corrected chi connectivity index (χ4v) is 2.28. The van der Waals surface area contributed by atoms with Crippen LogP contribution in [0.1, 0.15) is 12.1 Å². The third-order valence-corrected chi connectivity index (χ3v) is 3.41. The number of pyridine rings is 1. The Morgan fingerprint density at radius 3 is 3.06 bits per heavy atom. The minimum absolute atomic E-state index is 0.203. The summed E-state index contributed by atoms with van der Waals surface area (Å²) in [5.41, 5.74) is 0.449. The molecule has 18 heavy (non-hydrogen) atoms. The lowest BCUT2D eigenvalue weighted by Crippen LogP contribution is -2.52. The van der Waals surface area contributed by atoms with Crippen LogP contribution < -0.4 is 4.90 Å². The second-order valence-electron chi connectivity index (χ2n) is 4.59. The van der Waals surface area contributed by atoms with E-state index in [-0.39, 0.29) is 6.61 Å². The quantitative estimate of drug-likeness (QED) is 0.839. The van der Waals surface area contributed by atoms with Gasteiger partial charge in [-0.15, -0.1) is 0 Å². The highest BCUT2D eigenvalue weighted by atomic mass is 16.3. The smallest absolute Gasteiger partial charge is 0.142 e. The summed E-state index contributed by atoms with van der Waals surface area (Å²) in [7, 11) is 2.08. The molecule has 0 unspecified atom stereocenters. The zero-order valence-electron chi connectivity index (χ0n) is 10.6. The van der Waals surface area contributed by atoms with Crippen LogP contribution in [0.2, 0.25) is 0 Å². The molecule has 1 aliphatic heterocycles. The number of likely N-dealkylation sites (N-methyl/N-ethyl adjacent to an activating group) is 1. The highest BCUT2D eigenvalue weighted by molar-refractivity contribution is 5.42. The van der Waals surface area contributed by atoms with Gasteiger partial charge in [0.1, 0.15) is 17.6 Å². The first-order valence-corrected chi connectivity index (χ1v) is 6.18. The van der Waals surface area contributed by atoms with Gasteiger partial charge in [0.05, 0.1) is 0 Å². The molecule has 1 aliphatic rings. The molecule has 1 aromatic heterocycles. The molecule has 1 aromatic rings. The molecule has 96 valence electrons. The molecule has 1 fully saturated rings. The van der Waals surface area contributed by atoms with Gasteiger partial charge in [0.15, 0.2) is 0 Å². The number of aliphatic hydroxyl groups is 1. The van der Waals surface area contributed by atoms with Crippen LogP contribution in [0.4, 0.5) is 5.82 Å². The van der Waals surface area contributed by atoms with Crippen molar-refractivity contribution < 1.29 is 5.11 Å². The largest absolute Gasteiger partial charge is 0.396 e. The van der Waals surface area contributed by atoms with Crippen LogP contribution in [0, 0.1) is 11.3 Å². The summed E-state index contributed by atoms with van der Waals surface area (Å²) in [5, 5.41) is 17.9. The van der Waals surface area contributed by atoms with Crippen molar-refractivity contribution in [2.45, 2.75) is 12.5 Å². The maximum Gasteiger partial charge on any atom is 0.142 e. The van der Waals surface area contributed by atoms with E-state index >= 15 is 0 Å². The Morgan fingerprint density at radius 1 is 1.50 bits per heavy atom. The van der Waals surface area contributed by atoms with E-state index in [9.17, 15) is 0 Å². The van der Waals surface area contributed by atoms with Crippen molar-refractivity contribution >= 4 is 5.82 Å². The number of hydrogen-bond acceptors (Lipinski definition) is 5. The van der Waals surface area contributed by atoms with Gasteiger partial charge in [-0.25, -0.2) is 4.98 Å². The molecule has 0 aromatic carbocycles. The lowest BCUT2D eigenvalue weighted by atomic mass is 10.1. The van der Waals surface area contributed by atoms with E-state index in [4.69, 9.17) is 10.4 Å². The van der Waals surface area contributed by atoms with Gasteiger partial charge in [-0.2, -0.15) is 5.26 Å². The van der Waals surface area contributed by atoms with E-state index in [2.05, 4.69) is 27.9 Å². The van der Waals surface area contributed by atoms with Crippen molar-refractivity contribution in [3.63, 3.8) is 0 Å². The molecule has 2 rings (SSSR count). The van der Waals surface area contributed by atoms with E-state index in [1.807, 2.05) is 12.1 Å². The topological polar surface area (TPSA) is 63.4 Å². The van der Waals surface area contributed by atoms with Gasteiger partial charge in [0, 0.05) is 32.3 Å². The molecule has 0 spiro atoms. The fourth-order valence-electron chi connectivity index (χ4n) is 2.28. The summed E-state index contributed by atoms with van der Waals surface area (Å²) >= 11 is 0. The molecule has 5 heteroatoms.